The lowest BCUT2D eigenvalue weighted by Crippen LogP contribution is -2.15. The molecule has 1 aromatic carbocycles. The Bertz CT molecular complexity index is 276. The van der Waals surface area contributed by atoms with Crippen LogP contribution in [-0.4, -0.2) is 6.04 Å². The summed E-state index contributed by atoms with van der Waals surface area (Å²) in [5.41, 5.74) is 7.82. The molecule has 0 heterocycles. The van der Waals surface area contributed by atoms with Crippen molar-refractivity contribution in [3.63, 3.8) is 0 Å². The molecule has 2 N–H and O–H groups in total. The summed E-state index contributed by atoms with van der Waals surface area (Å²) in [5.74, 6) is 0. The SMILES string of the molecule is CCC1(Cc2ccccc2)CC1N. The fourth-order valence-electron chi connectivity index (χ4n) is 2.12. The van der Waals surface area contributed by atoms with Crippen molar-refractivity contribution in [1.29, 1.82) is 0 Å². The molecule has 2 rings (SSSR count). The number of hydrogen-bond donors (Lipinski definition) is 1. The van der Waals surface area contributed by atoms with Crippen LogP contribution in [0.4, 0.5) is 0 Å². The molecular weight excluding hydrogens is 158 g/mol. The van der Waals surface area contributed by atoms with Crippen molar-refractivity contribution in [2.75, 3.05) is 0 Å². The zero-order valence-electron chi connectivity index (χ0n) is 8.16. The van der Waals surface area contributed by atoms with Crippen LogP contribution < -0.4 is 5.73 Å². The highest BCUT2D eigenvalue weighted by atomic mass is 14.8. The van der Waals surface area contributed by atoms with Crippen LogP contribution in [0, 0.1) is 5.41 Å². The molecule has 0 bridgehead atoms. The lowest BCUT2D eigenvalue weighted by Gasteiger charge is -2.13. The van der Waals surface area contributed by atoms with E-state index in [4.69, 9.17) is 5.73 Å². The highest BCUT2D eigenvalue weighted by molar-refractivity contribution is 5.21. The molecule has 1 aliphatic rings. The van der Waals surface area contributed by atoms with Crippen molar-refractivity contribution in [3.05, 3.63) is 35.9 Å². The normalized spacial score (nSPS) is 31.7. The van der Waals surface area contributed by atoms with Gasteiger partial charge in [0.05, 0.1) is 0 Å². The van der Waals surface area contributed by atoms with Gasteiger partial charge in [-0.1, -0.05) is 37.3 Å². The van der Waals surface area contributed by atoms with E-state index in [1.54, 1.807) is 0 Å². The van der Waals surface area contributed by atoms with Crippen LogP contribution in [0.15, 0.2) is 30.3 Å². The fourth-order valence-corrected chi connectivity index (χ4v) is 2.12. The third-order valence-electron chi connectivity index (χ3n) is 3.36. The monoisotopic (exact) mass is 175 g/mol. The zero-order chi connectivity index (χ0) is 9.31. The van der Waals surface area contributed by atoms with Gasteiger partial charge in [-0.3, -0.25) is 0 Å². The van der Waals surface area contributed by atoms with Crippen molar-refractivity contribution >= 4 is 0 Å². The van der Waals surface area contributed by atoms with Crippen LogP contribution in [0.25, 0.3) is 0 Å². The van der Waals surface area contributed by atoms with Crippen LogP contribution in [0.3, 0.4) is 0 Å². The van der Waals surface area contributed by atoms with Gasteiger partial charge in [0.25, 0.3) is 0 Å². The quantitative estimate of drug-likeness (QED) is 0.749. The lowest BCUT2D eigenvalue weighted by molar-refractivity contribution is 0.468. The third-order valence-corrected chi connectivity index (χ3v) is 3.36. The summed E-state index contributed by atoms with van der Waals surface area (Å²) in [5, 5.41) is 0. The molecule has 13 heavy (non-hydrogen) atoms. The van der Waals surface area contributed by atoms with Gasteiger partial charge in [0, 0.05) is 6.04 Å². The van der Waals surface area contributed by atoms with Crippen LogP contribution in [0.1, 0.15) is 25.3 Å². The standard InChI is InChI=1S/C12H17N/c1-2-12(9-11(12)13)8-10-6-4-3-5-7-10/h3-7,11H,2,8-9,13H2,1H3. The van der Waals surface area contributed by atoms with Crippen molar-refractivity contribution < 1.29 is 0 Å². The first kappa shape index (κ1) is 8.76. The first-order chi connectivity index (χ1) is 6.27. The van der Waals surface area contributed by atoms with Crippen LogP contribution in [0.2, 0.25) is 0 Å². The van der Waals surface area contributed by atoms with Gasteiger partial charge < -0.3 is 5.73 Å². The third kappa shape index (κ3) is 1.61. The molecular formula is C12H17N. The van der Waals surface area contributed by atoms with Gasteiger partial charge in [0.15, 0.2) is 0 Å². The van der Waals surface area contributed by atoms with Crippen molar-refractivity contribution in [1.82, 2.24) is 0 Å². The van der Waals surface area contributed by atoms with Gasteiger partial charge >= 0.3 is 0 Å². The first-order valence-electron chi connectivity index (χ1n) is 5.06. The van der Waals surface area contributed by atoms with Gasteiger partial charge in [0.2, 0.25) is 0 Å². The van der Waals surface area contributed by atoms with Crippen molar-refractivity contribution in [2.24, 2.45) is 11.1 Å². The highest BCUT2D eigenvalue weighted by Crippen LogP contribution is 2.49. The molecule has 1 heteroatoms. The molecule has 70 valence electrons. The molecule has 0 spiro atoms. The maximum Gasteiger partial charge on any atom is 0.0105 e. The van der Waals surface area contributed by atoms with Gasteiger partial charge in [-0.15, -0.1) is 0 Å². The largest absolute Gasteiger partial charge is 0.327 e. The van der Waals surface area contributed by atoms with Gasteiger partial charge in [-0.05, 0) is 30.2 Å². The van der Waals surface area contributed by atoms with Crippen LogP contribution >= 0.6 is 0 Å². The molecule has 2 atom stereocenters. The summed E-state index contributed by atoms with van der Waals surface area (Å²) in [6.45, 7) is 2.25. The number of rotatable bonds is 3. The smallest absolute Gasteiger partial charge is 0.0105 e. The Kier molecular flexibility index (Phi) is 2.12. The zero-order valence-corrected chi connectivity index (χ0v) is 8.16. The molecule has 0 aliphatic heterocycles. The second-order valence-electron chi connectivity index (χ2n) is 4.19. The summed E-state index contributed by atoms with van der Waals surface area (Å²) in [4.78, 5) is 0. The molecule has 1 saturated carbocycles. The first-order valence-corrected chi connectivity index (χ1v) is 5.06. The minimum absolute atomic E-state index is 0.432. The Morgan fingerprint density at radius 3 is 2.46 bits per heavy atom. The topological polar surface area (TPSA) is 26.0 Å². The molecule has 1 aliphatic carbocycles. The highest BCUT2D eigenvalue weighted by Gasteiger charge is 2.49. The lowest BCUT2D eigenvalue weighted by atomic mass is 9.93. The van der Waals surface area contributed by atoms with Gasteiger partial charge in [-0.25, -0.2) is 0 Å². The van der Waals surface area contributed by atoms with Crippen LogP contribution in [0.5, 0.6) is 0 Å². The summed E-state index contributed by atoms with van der Waals surface area (Å²) in [7, 11) is 0. The average molecular weight is 175 g/mol. The molecule has 0 saturated heterocycles. The van der Waals surface area contributed by atoms with Crippen molar-refractivity contribution in [2.45, 2.75) is 32.2 Å². The summed E-state index contributed by atoms with van der Waals surface area (Å²) < 4.78 is 0. The molecule has 1 aromatic rings. The Balaban J connectivity index is 2.07. The maximum atomic E-state index is 5.96. The van der Waals surface area contributed by atoms with E-state index in [9.17, 15) is 0 Å². The Hall–Kier alpha value is -0.820. The van der Waals surface area contributed by atoms with Gasteiger partial charge in [-0.2, -0.15) is 0 Å². The van der Waals surface area contributed by atoms with Crippen LogP contribution in [-0.2, 0) is 6.42 Å². The molecule has 2 unspecified atom stereocenters. The Morgan fingerprint density at radius 1 is 1.38 bits per heavy atom. The van der Waals surface area contributed by atoms with E-state index in [0.717, 1.165) is 6.42 Å². The Morgan fingerprint density at radius 2 is 2.00 bits per heavy atom. The molecule has 0 amide bonds. The summed E-state index contributed by atoms with van der Waals surface area (Å²) in [6.07, 6.45) is 3.58. The number of benzene rings is 1. The van der Waals surface area contributed by atoms with E-state index in [1.807, 2.05) is 0 Å². The molecule has 1 fully saturated rings. The molecule has 0 aromatic heterocycles. The van der Waals surface area contributed by atoms with E-state index in [-0.39, 0.29) is 0 Å². The van der Waals surface area contributed by atoms with Crippen molar-refractivity contribution in [3.8, 4) is 0 Å². The summed E-state index contributed by atoms with van der Waals surface area (Å²) >= 11 is 0. The average Bonchev–Trinajstić information content (AvgIpc) is 2.79. The summed E-state index contributed by atoms with van der Waals surface area (Å²) in [6, 6.07) is 11.1. The Labute approximate surface area is 80.0 Å². The van der Waals surface area contributed by atoms with E-state index in [0.29, 0.717) is 11.5 Å². The second kappa shape index (κ2) is 3.15. The van der Waals surface area contributed by atoms with E-state index in [1.165, 1.54) is 18.4 Å². The second-order valence-corrected chi connectivity index (χ2v) is 4.19. The number of hydrogen-bond acceptors (Lipinski definition) is 1. The molecule has 0 radical (unpaired) electrons. The molecule has 1 nitrogen and oxygen atoms in total. The maximum absolute atomic E-state index is 5.96. The predicted molar refractivity (Wildman–Crippen MR) is 55.5 cm³/mol. The van der Waals surface area contributed by atoms with E-state index < -0.39 is 0 Å². The van der Waals surface area contributed by atoms with E-state index >= 15 is 0 Å². The minimum atomic E-state index is 0.432. The van der Waals surface area contributed by atoms with E-state index in [2.05, 4.69) is 37.3 Å². The fraction of sp³-hybridized carbons (Fsp3) is 0.500. The number of nitrogens with two attached hydrogens (primary N) is 1. The minimum Gasteiger partial charge on any atom is -0.327 e. The van der Waals surface area contributed by atoms with Gasteiger partial charge in [0.1, 0.15) is 0 Å². The predicted octanol–water partition coefficient (Wildman–Crippen LogP) is 2.36.